The van der Waals surface area contributed by atoms with E-state index in [-0.39, 0.29) is 29.6 Å². The highest BCUT2D eigenvalue weighted by Gasteiger charge is 2.24. The van der Waals surface area contributed by atoms with Gasteiger partial charge in [-0.05, 0) is 60.8 Å². The molecule has 3 aromatic rings. The number of carbonyl (C=O) groups is 1. The van der Waals surface area contributed by atoms with Gasteiger partial charge in [-0.1, -0.05) is 57.2 Å². The van der Waals surface area contributed by atoms with Gasteiger partial charge in [0.25, 0.3) is 0 Å². The number of imidazole rings is 1. The quantitative estimate of drug-likeness (QED) is 0.467. The first-order chi connectivity index (χ1) is 15.3. The molecule has 170 valence electrons. The van der Waals surface area contributed by atoms with E-state index in [1.807, 2.05) is 24.3 Å². The summed E-state index contributed by atoms with van der Waals surface area (Å²) in [4.78, 5) is 21.0. The van der Waals surface area contributed by atoms with Gasteiger partial charge < -0.3 is 20.7 Å². The van der Waals surface area contributed by atoms with Crippen LogP contribution in [0.5, 0.6) is 0 Å². The number of hydrogen-bond acceptors (Lipinski definition) is 3. The highest BCUT2D eigenvalue weighted by atomic mass is 16.3. The Labute approximate surface area is 189 Å². The molecule has 4 N–H and O–H groups in total. The van der Waals surface area contributed by atoms with Crippen LogP contribution in [-0.2, 0) is 11.8 Å². The molecule has 0 spiro atoms. The van der Waals surface area contributed by atoms with Crippen molar-refractivity contribution in [1.29, 1.82) is 0 Å². The highest BCUT2D eigenvalue weighted by molar-refractivity contribution is 5.76. The lowest BCUT2D eigenvalue weighted by molar-refractivity contribution is 0.117. The van der Waals surface area contributed by atoms with Crippen LogP contribution in [0.4, 0.5) is 4.79 Å². The van der Waals surface area contributed by atoms with Crippen molar-refractivity contribution >= 4 is 17.1 Å². The number of carbonyl (C=O) groups excluding carboxylic acids is 1. The Bertz CT molecular complexity index is 1010. The molecule has 6 heteroatoms. The highest BCUT2D eigenvalue weighted by Crippen LogP contribution is 2.25. The smallest absolute Gasteiger partial charge is 0.315 e. The number of aliphatic hydroxyl groups excluding tert-OH is 1. The summed E-state index contributed by atoms with van der Waals surface area (Å²) in [5.74, 6) is 0.750. The van der Waals surface area contributed by atoms with Gasteiger partial charge in [-0.2, -0.15) is 0 Å². The Kier molecular flexibility index (Phi) is 6.51. The van der Waals surface area contributed by atoms with E-state index in [2.05, 4.69) is 60.7 Å². The number of rotatable bonds is 5. The number of urea groups is 1. The number of amides is 2. The van der Waals surface area contributed by atoms with Crippen LogP contribution in [0.15, 0.2) is 48.5 Å². The molecule has 1 heterocycles. The summed E-state index contributed by atoms with van der Waals surface area (Å²) in [6, 6.07) is 16.1. The third-order valence-corrected chi connectivity index (χ3v) is 6.33. The minimum Gasteiger partial charge on any atom is -0.393 e. The summed E-state index contributed by atoms with van der Waals surface area (Å²) in [6.07, 6.45) is 3.48. The van der Waals surface area contributed by atoms with Crippen molar-refractivity contribution in [2.24, 2.45) is 0 Å². The summed E-state index contributed by atoms with van der Waals surface area (Å²) >= 11 is 0. The van der Waals surface area contributed by atoms with Gasteiger partial charge in [0.2, 0.25) is 0 Å². The van der Waals surface area contributed by atoms with Crippen LogP contribution in [0.3, 0.4) is 0 Å². The van der Waals surface area contributed by atoms with Crippen molar-refractivity contribution in [3.8, 4) is 0 Å². The van der Waals surface area contributed by atoms with Crippen LogP contribution >= 0.6 is 0 Å². The molecule has 0 aliphatic heterocycles. The predicted molar refractivity (Wildman–Crippen MR) is 128 cm³/mol. The molecule has 1 fully saturated rings. The maximum atomic E-state index is 12.8. The molecule has 1 aliphatic rings. The Morgan fingerprint density at radius 1 is 1.09 bits per heavy atom. The number of aromatic amines is 1. The van der Waals surface area contributed by atoms with E-state index >= 15 is 0 Å². The van der Waals surface area contributed by atoms with Crippen LogP contribution < -0.4 is 10.6 Å². The second kappa shape index (κ2) is 9.33. The number of nitrogens with zero attached hydrogens (tertiary/aromatic N) is 1. The summed E-state index contributed by atoms with van der Waals surface area (Å²) in [7, 11) is 0. The van der Waals surface area contributed by atoms with Crippen molar-refractivity contribution in [3.63, 3.8) is 0 Å². The topological polar surface area (TPSA) is 90.0 Å². The Balaban J connectivity index is 1.52. The Hall–Kier alpha value is -2.86. The number of hydrogen-bond donors (Lipinski definition) is 4. The number of aliphatic hydroxyl groups is 1. The summed E-state index contributed by atoms with van der Waals surface area (Å²) in [5.41, 5.74) is 4.37. The monoisotopic (exact) mass is 434 g/mol. The Morgan fingerprint density at radius 3 is 2.44 bits per heavy atom. The maximum Gasteiger partial charge on any atom is 0.315 e. The predicted octanol–water partition coefficient (Wildman–Crippen LogP) is 4.75. The average Bonchev–Trinajstić information content (AvgIpc) is 3.19. The lowest BCUT2D eigenvalue weighted by atomic mass is 9.86. The lowest BCUT2D eigenvalue weighted by Gasteiger charge is -2.27. The van der Waals surface area contributed by atoms with Crippen molar-refractivity contribution < 1.29 is 9.90 Å². The zero-order chi connectivity index (χ0) is 22.7. The van der Waals surface area contributed by atoms with Gasteiger partial charge in [-0.3, -0.25) is 0 Å². The standard InChI is InChI=1S/C26H34N4O2/c1-26(2,3)18-10-8-17(9-11-18)16-23(24-28-21-6-4-5-7-22(21)29-24)30-25(32)27-19-12-14-20(31)15-13-19/h4-11,19-20,23,31H,12-16H2,1-3H3,(H,28,29)(H2,27,30,32). The summed E-state index contributed by atoms with van der Waals surface area (Å²) in [5, 5.41) is 15.9. The van der Waals surface area contributed by atoms with Crippen molar-refractivity contribution in [2.45, 2.75) is 76.5 Å². The van der Waals surface area contributed by atoms with Gasteiger partial charge in [-0.15, -0.1) is 0 Å². The number of para-hydroxylation sites is 2. The minimum absolute atomic E-state index is 0.0980. The molecule has 1 unspecified atom stereocenters. The third-order valence-electron chi connectivity index (χ3n) is 6.33. The van der Waals surface area contributed by atoms with Gasteiger partial charge in [0.15, 0.2) is 0 Å². The van der Waals surface area contributed by atoms with Gasteiger partial charge in [-0.25, -0.2) is 9.78 Å². The van der Waals surface area contributed by atoms with E-state index in [9.17, 15) is 9.90 Å². The first kappa shape index (κ1) is 22.3. The van der Waals surface area contributed by atoms with Gasteiger partial charge >= 0.3 is 6.03 Å². The molecular formula is C26H34N4O2. The first-order valence-corrected chi connectivity index (χ1v) is 11.6. The van der Waals surface area contributed by atoms with Crippen LogP contribution in [0.1, 0.15) is 69.4 Å². The van der Waals surface area contributed by atoms with Crippen molar-refractivity contribution in [2.75, 3.05) is 0 Å². The van der Waals surface area contributed by atoms with E-state index in [0.29, 0.717) is 6.42 Å². The molecule has 4 rings (SSSR count). The number of benzene rings is 2. The molecule has 6 nitrogen and oxygen atoms in total. The molecule has 1 saturated carbocycles. The van der Waals surface area contributed by atoms with Crippen LogP contribution in [0.2, 0.25) is 0 Å². The second-order valence-electron chi connectivity index (χ2n) is 9.97. The van der Waals surface area contributed by atoms with E-state index in [4.69, 9.17) is 4.98 Å². The molecule has 2 aromatic carbocycles. The van der Waals surface area contributed by atoms with E-state index in [1.54, 1.807) is 0 Å². The minimum atomic E-state index is -0.280. The molecule has 1 atom stereocenters. The molecule has 0 bridgehead atoms. The first-order valence-electron chi connectivity index (χ1n) is 11.6. The molecule has 32 heavy (non-hydrogen) atoms. The van der Waals surface area contributed by atoms with Crippen molar-refractivity contribution in [1.82, 2.24) is 20.6 Å². The average molecular weight is 435 g/mol. The summed E-state index contributed by atoms with van der Waals surface area (Å²) in [6.45, 7) is 6.61. The van der Waals surface area contributed by atoms with Gasteiger partial charge in [0.1, 0.15) is 5.82 Å². The number of aromatic nitrogens is 2. The molecule has 0 radical (unpaired) electrons. The zero-order valence-corrected chi connectivity index (χ0v) is 19.2. The fourth-order valence-electron chi connectivity index (χ4n) is 4.34. The van der Waals surface area contributed by atoms with Crippen LogP contribution in [0, 0.1) is 0 Å². The fourth-order valence-corrected chi connectivity index (χ4v) is 4.34. The molecular weight excluding hydrogens is 400 g/mol. The zero-order valence-electron chi connectivity index (χ0n) is 19.2. The van der Waals surface area contributed by atoms with E-state index < -0.39 is 0 Å². The van der Waals surface area contributed by atoms with Gasteiger partial charge in [0, 0.05) is 6.04 Å². The van der Waals surface area contributed by atoms with Crippen LogP contribution in [-0.4, -0.2) is 33.3 Å². The maximum absolute atomic E-state index is 12.8. The third kappa shape index (κ3) is 5.49. The number of fused-ring (bicyclic) bond motifs is 1. The fraction of sp³-hybridized carbons (Fsp3) is 0.462. The summed E-state index contributed by atoms with van der Waals surface area (Å²) < 4.78 is 0. The molecule has 0 saturated heterocycles. The van der Waals surface area contributed by atoms with Crippen molar-refractivity contribution in [3.05, 3.63) is 65.5 Å². The normalized spacial score (nSPS) is 20.1. The Morgan fingerprint density at radius 2 is 1.78 bits per heavy atom. The van der Waals surface area contributed by atoms with E-state index in [1.165, 1.54) is 5.56 Å². The number of H-pyrrole nitrogens is 1. The molecule has 2 amide bonds. The second-order valence-corrected chi connectivity index (χ2v) is 9.97. The lowest BCUT2D eigenvalue weighted by Crippen LogP contribution is -2.45. The van der Waals surface area contributed by atoms with Crippen LogP contribution in [0.25, 0.3) is 11.0 Å². The van der Waals surface area contributed by atoms with E-state index in [0.717, 1.165) is 48.1 Å². The largest absolute Gasteiger partial charge is 0.393 e. The SMILES string of the molecule is CC(C)(C)c1ccc(CC(NC(=O)NC2CCC(O)CC2)c2nc3ccccc3[nH]2)cc1. The molecule has 1 aromatic heterocycles. The number of nitrogens with one attached hydrogen (secondary N) is 3. The van der Waals surface area contributed by atoms with Gasteiger partial charge in [0.05, 0.1) is 23.2 Å². The molecule has 1 aliphatic carbocycles.